The Kier molecular flexibility index (Phi) is 7.64. The van der Waals surface area contributed by atoms with Crippen LogP contribution in [0.15, 0.2) is 24.3 Å². The number of hydrogen-bond acceptors (Lipinski definition) is 2. The molecule has 108 valence electrons. The average Bonchev–Trinajstić information content (AvgIpc) is 2.81. The summed E-state index contributed by atoms with van der Waals surface area (Å²) in [5.74, 6) is 0.941. The highest BCUT2D eigenvalue weighted by Crippen LogP contribution is 2.19. The van der Waals surface area contributed by atoms with E-state index in [2.05, 4.69) is 34.7 Å². The molecule has 0 atom stereocenters. The molecule has 19 heavy (non-hydrogen) atoms. The molecule has 3 nitrogen and oxygen atoms in total. The van der Waals surface area contributed by atoms with E-state index in [-0.39, 0.29) is 23.6 Å². The van der Waals surface area contributed by atoms with E-state index in [1.54, 1.807) is 0 Å². The lowest BCUT2D eigenvalue weighted by molar-refractivity contribution is -0.917. The highest BCUT2D eigenvalue weighted by molar-refractivity contribution is 14.1. The molecule has 1 aliphatic rings. The van der Waals surface area contributed by atoms with E-state index in [1.165, 1.54) is 29.5 Å². The summed E-state index contributed by atoms with van der Waals surface area (Å²) >= 11 is 2.29. The summed E-state index contributed by atoms with van der Waals surface area (Å²) in [7, 11) is 0. The molecule has 0 spiro atoms. The Morgan fingerprint density at radius 3 is 2.32 bits per heavy atom. The molecule has 0 amide bonds. The molecule has 1 N–H and O–H groups in total. The van der Waals surface area contributed by atoms with Crippen LogP contribution in [0.1, 0.15) is 12.8 Å². The van der Waals surface area contributed by atoms with Crippen molar-refractivity contribution in [2.24, 2.45) is 0 Å². The van der Waals surface area contributed by atoms with Crippen LogP contribution in [0.3, 0.4) is 0 Å². The van der Waals surface area contributed by atoms with E-state index >= 15 is 0 Å². The lowest BCUT2D eigenvalue weighted by Gasteiger charge is -2.33. The smallest absolute Gasteiger partial charge is 0.137 e. The van der Waals surface area contributed by atoms with Gasteiger partial charge in [-0.25, -0.2) is 0 Å². The summed E-state index contributed by atoms with van der Waals surface area (Å²) in [6.45, 7) is 5.28. The van der Waals surface area contributed by atoms with Crippen molar-refractivity contribution >= 4 is 22.6 Å². The summed E-state index contributed by atoms with van der Waals surface area (Å²) in [4.78, 5) is 0. The Hall–Kier alpha value is 0.150. The minimum Gasteiger partial charge on any atom is -1.00 e. The fraction of sp³-hybridized carbons (Fsp3) is 0.571. The first kappa shape index (κ1) is 17.2. The quantitative estimate of drug-likeness (QED) is 0.466. The van der Waals surface area contributed by atoms with Crippen molar-refractivity contribution in [3.63, 3.8) is 0 Å². The van der Waals surface area contributed by atoms with Gasteiger partial charge in [0.1, 0.15) is 25.4 Å². The van der Waals surface area contributed by atoms with Gasteiger partial charge >= 0.3 is 0 Å². The van der Waals surface area contributed by atoms with Gasteiger partial charge in [-0.05, 0) is 46.9 Å². The van der Waals surface area contributed by atoms with Crippen molar-refractivity contribution in [2.45, 2.75) is 12.8 Å². The molecule has 0 radical (unpaired) electrons. The Bertz CT molecular complexity index is 366. The van der Waals surface area contributed by atoms with Gasteiger partial charge in [0, 0.05) is 16.4 Å². The molecule has 0 aliphatic carbocycles. The first-order valence-electron chi connectivity index (χ1n) is 6.58. The van der Waals surface area contributed by atoms with Crippen LogP contribution in [0.5, 0.6) is 5.75 Å². The Balaban J connectivity index is 0.00000180. The maximum Gasteiger partial charge on any atom is 0.137 e. The standard InChI is InChI=1S/C14H21INO2.BrH/c15-13-3-5-14(6-4-13)18-12-10-16(9-11-17)7-1-2-8-16;/h3-6,17H,1-2,7-12H2;1H/q+1;/p-1. The van der Waals surface area contributed by atoms with Gasteiger partial charge in [-0.1, -0.05) is 0 Å². The fourth-order valence-electron chi connectivity index (χ4n) is 2.67. The Morgan fingerprint density at radius 1 is 1.11 bits per heavy atom. The SMILES string of the molecule is OCC[N+]1(CCOc2ccc(I)cc2)CCCC1.[Br-]. The zero-order chi connectivity index (χ0) is 12.8. The highest BCUT2D eigenvalue weighted by atomic mass is 127. The maximum atomic E-state index is 9.18. The normalized spacial score (nSPS) is 16.9. The zero-order valence-corrected chi connectivity index (χ0v) is 14.8. The van der Waals surface area contributed by atoms with Gasteiger partial charge in [-0.3, -0.25) is 0 Å². The molecule has 1 aromatic rings. The lowest BCUT2D eigenvalue weighted by Crippen LogP contribution is -3.00. The Morgan fingerprint density at radius 2 is 1.74 bits per heavy atom. The molecule has 2 rings (SSSR count). The van der Waals surface area contributed by atoms with Crippen molar-refractivity contribution in [1.29, 1.82) is 0 Å². The monoisotopic (exact) mass is 441 g/mol. The van der Waals surface area contributed by atoms with Gasteiger partial charge in [0.05, 0.1) is 19.7 Å². The van der Waals surface area contributed by atoms with Crippen LogP contribution in [0, 0.1) is 3.57 Å². The van der Waals surface area contributed by atoms with E-state index in [9.17, 15) is 5.11 Å². The summed E-state index contributed by atoms with van der Waals surface area (Å²) in [6.07, 6.45) is 2.56. The van der Waals surface area contributed by atoms with Crippen molar-refractivity contribution in [3.05, 3.63) is 27.8 Å². The van der Waals surface area contributed by atoms with E-state index in [0.29, 0.717) is 0 Å². The predicted molar refractivity (Wildman–Crippen MR) is 80.7 cm³/mol. The van der Waals surface area contributed by atoms with Gasteiger partial charge in [-0.15, -0.1) is 0 Å². The number of ether oxygens (including phenoxy) is 1. The number of halogens is 2. The van der Waals surface area contributed by atoms with Crippen LogP contribution >= 0.6 is 22.6 Å². The molecule has 1 fully saturated rings. The molecule has 1 aliphatic heterocycles. The zero-order valence-electron chi connectivity index (χ0n) is 11.0. The number of aliphatic hydroxyl groups is 1. The molecule has 0 unspecified atom stereocenters. The van der Waals surface area contributed by atoms with Crippen LogP contribution in [-0.4, -0.2) is 49.0 Å². The summed E-state index contributed by atoms with van der Waals surface area (Å²) < 4.78 is 8.05. The number of quaternary nitrogens is 1. The van der Waals surface area contributed by atoms with E-state index in [4.69, 9.17) is 4.74 Å². The summed E-state index contributed by atoms with van der Waals surface area (Å²) in [5, 5.41) is 9.18. The highest BCUT2D eigenvalue weighted by Gasteiger charge is 2.30. The fourth-order valence-corrected chi connectivity index (χ4v) is 3.02. The van der Waals surface area contributed by atoms with Gasteiger partial charge < -0.3 is 31.3 Å². The number of hydrogen-bond donors (Lipinski definition) is 1. The number of nitrogens with zero attached hydrogens (tertiary/aromatic N) is 1. The summed E-state index contributed by atoms with van der Waals surface area (Å²) in [5.41, 5.74) is 0. The van der Waals surface area contributed by atoms with Crippen molar-refractivity contribution < 1.29 is 31.3 Å². The number of rotatable bonds is 6. The van der Waals surface area contributed by atoms with Crippen LogP contribution in [-0.2, 0) is 0 Å². The second kappa shape index (κ2) is 8.44. The topological polar surface area (TPSA) is 29.5 Å². The second-order valence-corrected chi connectivity index (χ2v) is 6.21. The largest absolute Gasteiger partial charge is 1.00 e. The molecule has 1 saturated heterocycles. The summed E-state index contributed by atoms with van der Waals surface area (Å²) in [6, 6.07) is 8.15. The van der Waals surface area contributed by atoms with E-state index in [0.717, 1.165) is 29.9 Å². The molecule has 0 aromatic heterocycles. The number of aliphatic hydroxyl groups excluding tert-OH is 1. The van der Waals surface area contributed by atoms with Crippen LogP contribution < -0.4 is 21.7 Å². The Labute approximate surface area is 139 Å². The van der Waals surface area contributed by atoms with Gasteiger partial charge in [0.2, 0.25) is 0 Å². The minimum atomic E-state index is 0. The second-order valence-electron chi connectivity index (χ2n) is 4.97. The lowest BCUT2D eigenvalue weighted by atomic mass is 10.3. The average molecular weight is 442 g/mol. The maximum absolute atomic E-state index is 9.18. The van der Waals surface area contributed by atoms with E-state index < -0.39 is 0 Å². The van der Waals surface area contributed by atoms with Gasteiger partial charge in [-0.2, -0.15) is 0 Å². The molecular weight excluding hydrogens is 421 g/mol. The minimum absolute atomic E-state index is 0. The molecule has 5 heteroatoms. The molecule has 1 heterocycles. The van der Waals surface area contributed by atoms with Crippen LogP contribution in [0.2, 0.25) is 0 Å². The first-order valence-corrected chi connectivity index (χ1v) is 7.66. The van der Waals surface area contributed by atoms with Crippen molar-refractivity contribution in [1.82, 2.24) is 0 Å². The van der Waals surface area contributed by atoms with Gasteiger partial charge in [0.25, 0.3) is 0 Å². The molecule has 0 bridgehead atoms. The third-order valence-corrected chi connectivity index (χ3v) is 4.46. The molecule has 1 aromatic carbocycles. The van der Waals surface area contributed by atoms with E-state index in [1.807, 2.05) is 12.1 Å². The van der Waals surface area contributed by atoms with Gasteiger partial charge in [0.15, 0.2) is 0 Å². The van der Waals surface area contributed by atoms with Crippen molar-refractivity contribution in [3.8, 4) is 5.75 Å². The first-order chi connectivity index (χ1) is 8.74. The predicted octanol–water partition coefficient (Wildman–Crippen LogP) is -0.723. The molecule has 0 saturated carbocycles. The third kappa shape index (κ3) is 5.21. The number of benzene rings is 1. The van der Waals surface area contributed by atoms with Crippen LogP contribution in [0.25, 0.3) is 0 Å². The number of likely N-dealkylation sites (tertiary alicyclic amines) is 1. The van der Waals surface area contributed by atoms with Crippen molar-refractivity contribution in [2.75, 3.05) is 39.4 Å². The third-order valence-electron chi connectivity index (χ3n) is 3.74. The van der Waals surface area contributed by atoms with Crippen LogP contribution in [0.4, 0.5) is 0 Å². The molecular formula is C14H21BrINO2.